The quantitative estimate of drug-likeness (QED) is 0.469. The molecule has 1 atom stereocenters. The van der Waals surface area contributed by atoms with Crippen molar-refractivity contribution >= 4 is 0 Å². The zero-order valence-electron chi connectivity index (χ0n) is 6.06. The molecular weight excluding hydrogens is 108 g/mol. The Morgan fingerprint density at radius 2 is 2.44 bits per heavy atom. The van der Waals surface area contributed by atoms with Crippen LogP contribution in [0, 0.1) is 5.92 Å². The van der Waals surface area contributed by atoms with Crippen molar-refractivity contribution in [1.29, 1.82) is 0 Å². The van der Waals surface area contributed by atoms with Crippen LogP contribution in [0.1, 0.15) is 32.6 Å². The summed E-state index contributed by atoms with van der Waals surface area (Å²) in [4.78, 5) is 0. The number of hydrogen-bond acceptors (Lipinski definition) is 0. The predicted molar refractivity (Wildman–Crippen MR) is 40.3 cm³/mol. The second-order valence-corrected chi connectivity index (χ2v) is 2.66. The number of hydrogen-bond donors (Lipinski definition) is 0. The molecule has 0 spiro atoms. The fourth-order valence-electron chi connectivity index (χ4n) is 1.21. The average molecular weight is 122 g/mol. The van der Waals surface area contributed by atoms with Gasteiger partial charge in [-0.05, 0) is 37.3 Å². The highest BCUT2D eigenvalue weighted by Gasteiger charge is 2.03. The molecule has 1 aliphatic rings. The van der Waals surface area contributed by atoms with Gasteiger partial charge in [-0.3, -0.25) is 0 Å². The number of allylic oxidation sites excluding steroid dienone is 1. The maximum atomic E-state index is 3.16. The topological polar surface area (TPSA) is 0 Å². The van der Waals surface area contributed by atoms with E-state index < -0.39 is 0 Å². The standard InChI is InChI=1S/C9H14/c1-2-9-7-5-3-4-6-8-9/h3,6,9H,2,5,7-8H2,1H3. The minimum absolute atomic E-state index is 0.927. The van der Waals surface area contributed by atoms with E-state index in [-0.39, 0.29) is 0 Å². The summed E-state index contributed by atoms with van der Waals surface area (Å²) >= 11 is 0. The molecule has 0 aliphatic heterocycles. The molecule has 0 aromatic rings. The first kappa shape index (κ1) is 6.64. The molecule has 0 heteroatoms. The Kier molecular flexibility index (Phi) is 2.60. The highest BCUT2D eigenvalue weighted by molar-refractivity contribution is 4.90. The zero-order valence-corrected chi connectivity index (χ0v) is 6.06. The van der Waals surface area contributed by atoms with E-state index in [1.807, 2.05) is 0 Å². The SMILES string of the molecule is CCC1CC=C=CCC1. The van der Waals surface area contributed by atoms with Crippen molar-refractivity contribution in [2.45, 2.75) is 32.6 Å². The van der Waals surface area contributed by atoms with Gasteiger partial charge in [0.05, 0.1) is 0 Å². The van der Waals surface area contributed by atoms with Crippen molar-refractivity contribution in [1.82, 2.24) is 0 Å². The Balaban J connectivity index is 2.38. The van der Waals surface area contributed by atoms with Gasteiger partial charge in [0.15, 0.2) is 0 Å². The molecule has 0 amide bonds. The summed E-state index contributed by atoms with van der Waals surface area (Å²) in [6, 6.07) is 0. The molecule has 1 rings (SSSR count). The fraction of sp³-hybridized carbons (Fsp3) is 0.667. The first-order valence-electron chi connectivity index (χ1n) is 3.83. The predicted octanol–water partition coefficient (Wildman–Crippen LogP) is 2.91. The molecule has 0 aromatic heterocycles. The van der Waals surface area contributed by atoms with E-state index in [0.717, 1.165) is 5.92 Å². The third kappa shape index (κ3) is 2.07. The molecule has 0 nitrogen and oxygen atoms in total. The molecule has 50 valence electrons. The van der Waals surface area contributed by atoms with Crippen LogP contribution < -0.4 is 0 Å². The van der Waals surface area contributed by atoms with Crippen molar-refractivity contribution in [2.24, 2.45) is 5.92 Å². The van der Waals surface area contributed by atoms with Crippen molar-refractivity contribution in [3.8, 4) is 0 Å². The molecule has 0 bridgehead atoms. The third-order valence-corrected chi connectivity index (χ3v) is 1.98. The molecule has 0 saturated heterocycles. The van der Waals surface area contributed by atoms with Gasteiger partial charge >= 0.3 is 0 Å². The molecule has 1 aliphatic carbocycles. The zero-order chi connectivity index (χ0) is 6.53. The lowest BCUT2D eigenvalue weighted by atomic mass is 9.98. The first-order chi connectivity index (χ1) is 4.43. The van der Waals surface area contributed by atoms with Crippen LogP contribution in [0.5, 0.6) is 0 Å². The second kappa shape index (κ2) is 3.53. The monoisotopic (exact) mass is 122 g/mol. The van der Waals surface area contributed by atoms with Crippen LogP contribution in [-0.2, 0) is 0 Å². The summed E-state index contributed by atoms with van der Waals surface area (Å²) in [6.45, 7) is 2.27. The minimum Gasteiger partial charge on any atom is -0.130 e. The van der Waals surface area contributed by atoms with Crippen molar-refractivity contribution in [2.75, 3.05) is 0 Å². The average Bonchev–Trinajstić information content (AvgIpc) is 2.13. The Morgan fingerprint density at radius 3 is 3.22 bits per heavy atom. The Morgan fingerprint density at radius 1 is 1.56 bits per heavy atom. The van der Waals surface area contributed by atoms with Crippen LogP contribution >= 0.6 is 0 Å². The van der Waals surface area contributed by atoms with Gasteiger partial charge in [-0.25, -0.2) is 0 Å². The second-order valence-electron chi connectivity index (χ2n) is 2.66. The minimum atomic E-state index is 0.927. The molecule has 0 saturated carbocycles. The Bertz CT molecular complexity index is 127. The highest BCUT2D eigenvalue weighted by Crippen LogP contribution is 2.17. The Labute approximate surface area is 57.3 Å². The van der Waals surface area contributed by atoms with Crippen molar-refractivity contribution in [3.63, 3.8) is 0 Å². The van der Waals surface area contributed by atoms with Crippen LogP contribution in [0.15, 0.2) is 17.9 Å². The largest absolute Gasteiger partial charge is 0.130 e. The molecule has 0 fully saturated rings. The summed E-state index contributed by atoms with van der Waals surface area (Å²) in [7, 11) is 0. The smallest absolute Gasteiger partial charge is 0.0246 e. The van der Waals surface area contributed by atoms with E-state index in [4.69, 9.17) is 0 Å². The van der Waals surface area contributed by atoms with Gasteiger partial charge in [0.2, 0.25) is 0 Å². The summed E-state index contributed by atoms with van der Waals surface area (Å²) in [5.41, 5.74) is 3.16. The van der Waals surface area contributed by atoms with Gasteiger partial charge < -0.3 is 0 Å². The summed E-state index contributed by atoms with van der Waals surface area (Å²) in [5.74, 6) is 0.927. The maximum Gasteiger partial charge on any atom is -0.0246 e. The Hall–Kier alpha value is -0.480. The molecule has 0 heterocycles. The normalized spacial score (nSPS) is 26.1. The van der Waals surface area contributed by atoms with Crippen molar-refractivity contribution in [3.05, 3.63) is 17.9 Å². The molecule has 0 N–H and O–H groups in total. The van der Waals surface area contributed by atoms with E-state index in [1.54, 1.807) is 0 Å². The lowest BCUT2D eigenvalue weighted by Gasteiger charge is -2.07. The van der Waals surface area contributed by atoms with Gasteiger partial charge in [0, 0.05) is 0 Å². The molecule has 0 radical (unpaired) electrons. The summed E-state index contributed by atoms with van der Waals surface area (Å²) in [6.07, 6.45) is 9.48. The van der Waals surface area contributed by atoms with Crippen LogP contribution in [0.2, 0.25) is 0 Å². The van der Waals surface area contributed by atoms with E-state index >= 15 is 0 Å². The van der Waals surface area contributed by atoms with Gasteiger partial charge in [0.25, 0.3) is 0 Å². The van der Waals surface area contributed by atoms with E-state index in [1.165, 1.54) is 25.7 Å². The molecule has 9 heavy (non-hydrogen) atoms. The molecular formula is C9H14. The lowest BCUT2D eigenvalue weighted by Crippen LogP contribution is -1.94. The summed E-state index contributed by atoms with van der Waals surface area (Å²) < 4.78 is 0. The third-order valence-electron chi connectivity index (χ3n) is 1.98. The number of rotatable bonds is 1. The van der Waals surface area contributed by atoms with Crippen LogP contribution in [-0.4, -0.2) is 0 Å². The van der Waals surface area contributed by atoms with Gasteiger partial charge in [-0.15, -0.1) is 5.73 Å². The van der Waals surface area contributed by atoms with Gasteiger partial charge in [0.1, 0.15) is 0 Å². The summed E-state index contributed by atoms with van der Waals surface area (Å²) in [5, 5.41) is 0. The van der Waals surface area contributed by atoms with Gasteiger partial charge in [-0.1, -0.05) is 13.3 Å². The van der Waals surface area contributed by atoms with Crippen LogP contribution in [0.25, 0.3) is 0 Å². The van der Waals surface area contributed by atoms with E-state index in [2.05, 4.69) is 24.8 Å². The van der Waals surface area contributed by atoms with Gasteiger partial charge in [-0.2, -0.15) is 0 Å². The highest BCUT2D eigenvalue weighted by atomic mass is 14.1. The molecule has 0 aromatic carbocycles. The lowest BCUT2D eigenvalue weighted by molar-refractivity contribution is 0.485. The molecule has 1 unspecified atom stereocenters. The van der Waals surface area contributed by atoms with E-state index in [0.29, 0.717) is 0 Å². The first-order valence-corrected chi connectivity index (χ1v) is 3.83. The van der Waals surface area contributed by atoms with Crippen LogP contribution in [0.3, 0.4) is 0 Å². The fourth-order valence-corrected chi connectivity index (χ4v) is 1.21. The van der Waals surface area contributed by atoms with Crippen LogP contribution in [0.4, 0.5) is 0 Å². The van der Waals surface area contributed by atoms with E-state index in [9.17, 15) is 0 Å². The maximum absolute atomic E-state index is 3.16. The van der Waals surface area contributed by atoms with Crippen molar-refractivity contribution < 1.29 is 0 Å².